The first-order chi connectivity index (χ1) is 11.9. The number of hydrogen-bond donors (Lipinski definition) is 0. The molecule has 5 heteroatoms. The molecule has 3 unspecified atom stereocenters. The Hall–Kier alpha value is -2.56. The molecule has 2 heterocycles. The van der Waals surface area contributed by atoms with Gasteiger partial charge in [0.2, 0.25) is 5.76 Å². The molecule has 4 rings (SSSR count). The summed E-state index contributed by atoms with van der Waals surface area (Å²) in [5, 5.41) is 0. The molecule has 1 aliphatic heterocycles. The van der Waals surface area contributed by atoms with E-state index < -0.39 is 5.97 Å². The number of fused-ring (bicyclic) bond motifs is 2. The predicted molar refractivity (Wildman–Crippen MR) is 89.4 cm³/mol. The number of ether oxygens (including phenoxy) is 2. The molecule has 0 saturated heterocycles. The second-order valence-electron chi connectivity index (χ2n) is 7.20. The number of rotatable bonds is 2. The SMILES string of the molecule is CC1=C2CC3(C)C(=CCC(OC(=O)c4ccco4)C3C)C=C2OC1=O. The molecule has 0 N–H and O–H groups in total. The van der Waals surface area contributed by atoms with E-state index in [0.717, 1.165) is 11.1 Å². The van der Waals surface area contributed by atoms with Crippen LogP contribution in [0.3, 0.4) is 0 Å². The van der Waals surface area contributed by atoms with E-state index in [1.165, 1.54) is 6.26 Å². The topological polar surface area (TPSA) is 65.7 Å². The Morgan fingerprint density at radius 2 is 2.20 bits per heavy atom. The fourth-order valence-electron chi connectivity index (χ4n) is 3.97. The van der Waals surface area contributed by atoms with Gasteiger partial charge in [-0.05, 0) is 37.1 Å². The molecular weight excluding hydrogens is 320 g/mol. The van der Waals surface area contributed by atoms with Crippen LogP contribution in [0, 0.1) is 11.3 Å². The van der Waals surface area contributed by atoms with E-state index in [1.54, 1.807) is 19.1 Å². The predicted octanol–water partition coefficient (Wildman–Crippen LogP) is 3.94. The summed E-state index contributed by atoms with van der Waals surface area (Å²) in [5.41, 5.74) is 2.58. The summed E-state index contributed by atoms with van der Waals surface area (Å²) in [5.74, 6) is 0.276. The summed E-state index contributed by atoms with van der Waals surface area (Å²) in [7, 11) is 0. The van der Waals surface area contributed by atoms with Crippen LogP contribution < -0.4 is 0 Å². The Labute approximate surface area is 146 Å². The molecule has 3 aliphatic rings. The van der Waals surface area contributed by atoms with E-state index in [2.05, 4.69) is 19.9 Å². The summed E-state index contributed by atoms with van der Waals surface area (Å²) in [4.78, 5) is 24.1. The van der Waals surface area contributed by atoms with Crippen molar-refractivity contribution < 1.29 is 23.5 Å². The number of carbonyl (C=O) groups is 2. The molecule has 0 aromatic carbocycles. The Kier molecular flexibility index (Phi) is 3.49. The third-order valence-electron chi connectivity index (χ3n) is 5.86. The van der Waals surface area contributed by atoms with Crippen molar-refractivity contribution in [2.75, 3.05) is 0 Å². The van der Waals surface area contributed by atoms with Gasteiger partial charge >= 0.3 is 11.9 Å². The normalized spacial score (nSPS) is 30.9. The van der Waals surface area contributed by atoms with Gasteiger partial charge in [-0.3, -0.25) is 0 Å². The van der Waals surface area contributed by atoms with Crippen molar-refractivity contribution in [3.63, 3.8) is 0 Å². The molecule has 0 bridgehead atoms. The smallest absolute Gasteiger partial charge is 0.374 e. The van der Waals surface area contributed by atoms with E-state index in [1.807, 2.05) is 6.08 Å². The molecule has 2 aliphatic carbocycles. The fourth-order valence-corrected chi connectivity index (χ4v) is 3.97. The van der Waals surface area contributed by atoms with Crippen LogP contribution in [0.4, 0.5) is 0 Å². The summed E-state index contributed by atoms with van der Waals surface area (Å²) >= 11 is 0. The molecule has 5 nitrogen and oxygen atoms in total. The monoisotopic (exact) mass is 340 g/mol. The molecule has 25 heavy (non-hydrogen) atoms. The summed E-state index contributed by atoms with van der Waals surface area (Å²) < 4.78 is 16.2. The Balaban J connectivity index is 1.63. The van der Waals surface area contributed by atoms with E-state index in [9.17, 15) is 9.59 Å². The van der Waals surface area contributed by atoms with Crippen molar-refractivity contribution in [2.45, 2.75) is 39.7 Å². The lowest BCUT2D eigenvalue weighted by atomic mass is 9.60. The molecule has 0 fully saturated rings. The van der Waals surface area contributed by atoms with E-state index >= 15 is 0 Å². The second kappa shape index (κ2) is 5.48. The highest BCUT2D eigenvalue weighted by Gasteiger charge is 2.48. The molecule has 0 radical (unpaired) electrons. The minimum atomic E-state index is -0.441. The highest BCUT2D eigenvalue weighted by atomic mass is 16.6. The van der Waals surface area contributed by atoms with E-state index in [-0.39, 0.29) is 29.2 Å². The number of furan rings is 1. The van der Waals surface area contributed by atoms with E-state index in [0.29, 0.717) is 24.2 Å². The van der Waals surface area contributed by atoms with Crippen LogP contribution in [0.5, 0.6) is 0 Å². The lowest BCUT2D eigenvalue weighted by Gasteiger charge is -2.46. The summed E-state index contributed by atoms with van der Waals surface area (Å²) in [6, 6.07) is 3.27. The maximum atomic E-state index is 12.2. The molecular formula is C20H20O5. The average Bonchev–Trinajstić information content (AvgIpc) is 3.20. The van der Waals surface area contributed by atoms with Gasteiger partial charge in [0.1, 0.15) is 11.9 Å². The van der Waals surface area contributed by atoms with Crippen LogP contribution in [0.2, 0.25) is 0 Å². The summed E-state index contributed by atoms with van der Waals surface area (Å²) in [6.07, 6.45) is 6.62. The number of allylic oxidation sites excluding steroid dienone is 3. The van der Waals surface area contributed by atoms with Crippen LogP contribution in [0.25, 0.3) is 0 Å². The molecule has 1 aromatic rings. The van der Waals surface area contributed by atoms with Gasteiger partial charge in [0.05, 0.1) is 6.26 Å². The Morgan fingerprint density at radius 1 is 1.40 bits per heavy atom. The standard InChI is InChI=1S/C20H20O5/c1-11-14-10-20(3)12(2)15(24-19(22)16-5-4-8-23-16)7-6-13(20)9-17(14)25-18(11)21/h4-6,8-9,12,15H,7,10H2,1-3H3. The highest BCUT2D eigenvalue weighted by Crippen LogP contribution is 2.53. The zero-order valence-corrected chi connectivity index (χ0v) is 14.5. The molecule has 0 amide bonds. The van der Waals surface area contributed by atoms with Crippen LogP contribution in [0.1, 0.15) is 44.2 Å². The minimum absolute atomic E-state index is 0.0974. The first kappa shape index (κ1) is 15.9. The maximum absolute atomic E-state index is 12.2. The van der Waals surface area contributed by atoms with Crippen molar-refractivity contribution in [3.8, 4) is 0 Å². The van der Waals surface area contributed by atoms with Crippen molar-refractivity contribution in [1.29, 1.82) is 0 Å². The third kappa shape index (κ3) is 2.37. The van der Waals surface area contributed by atoms with Gasteiger partial charge in [0.15, 0.2) is 0 Å². The Morgan fingerprint density at radius 3 is 2.92 bits per heavy atom. The maximum Gasteiger partial charge on any atom is 0.374 e. The van der Waals surface area contributed by atoms with Crippen LogP contribution in [0.15, 0.2) is 57.4 Å². The average molecular weight is 340 g/mol. The van der Waals surface area contributed by atoms with Gasteiger partial charge < -0.3 is 13.9 Å². The van der Waals surface area contributed by atoms with Crippen LogP contribution >= 0.6 is 0 Å². The highest BCUT2D eigenvalue weighted by molar-refractivity contribution is 5.94. The van der Waals surface area contributed by atoms with E-state index in [4.69, 9.17) is 13.9 Å². The van der Waals surface area contributed by atoms with Gasteiger partial charge in [0, 0.05) is 28.9 Å². The number of esters is 2. The lowest BCUT2D eigenvalue weighted by molar-refractivity contribution is -0.133. The zero-order chi connectivity index (χ0) is 17.8. The van der Waals surface area contributed by atoms with Gasteiger partial charge in [-0.25, -0.2) is 9.59 Å². The quantitative estimate of drug-likeness (QED) is 0.763. The third-order valence-corrected chi connectivity index (χ3v) is 5.86. The molecule has 0 saturated carbocycles. The van der Waals surface area contributed by atoms with Gasteiger partial charge in [-0.2, -0.15) is 0 Å². The fraction of sp³-hybridized carbons (Fsp3) is 0.400. The van der Waals surface area contributed by atoms with Crippen molar-refractivity contribution in [3.05, 3.63) is 58.8 Å². The minimum Gasteiger partial charge on any atom is -0.457 e. The summed E-state index contributed by atoms with van der Waals surface area (Å²) in [6.45, 7) is 6.06. The Bertz CT molecular complexity index is 839. The van der Waals surface area contributed by atoms with Crippen molar-refractivity contribution >= 4 is 11.9 Å². The molecule has 1 aromatic heterocycles. The van der Waals surface area contributed by atoms with Crippen molar-refractivity contribution in [1.82, 2.24) is 0 Å². The van der Waals surface area contributed by atoms with Crippen molar-refractivity contribution in [2.24, 2.45) is 11.3 Å². The van der Waals surface area contributed by atoms with Crippen LogP contribution in [-0.4, -0.2) is 18.0 Å². The lowest BCUT2D eigenvalue weighted by Crippen LogP contribution is -2.42. The van der Waals surface area contributed by atoms with Gasteiger partial charge in [0.25, 0.3) is 0 Å². The largest absolute Gasteiger partial charge is 0.457 e. The molecule has 130 valence electrons. The van der Waals surface area contributed by atoms with Gasteiger partial charge in [-0.15, -0.1) is 0 Å². The molecule has 0 spiro atoms. The first-order valence-electron chi connectivity index (χ1n) is 8.49. The first-order valence-corrected chi connectivity index (χ1v) is 8.49. The van der Waals surface area contributed by atoms with Crippen LogP contribution in [-0.2, 0) is 14.3 Å². The number of hydrogen-bond acceptors (Lipinski definition) is 5. The second-order valence-corrected chi connectivity index (χ2v) is 7.20. The number of carbonyl (C=O) groups excluding carboxylic acids is 2. The van der Waals surface area contributed by atoms with Gasteiger partial charge in [-0.1, -0.05) is 19.9 Å². The zero-order valence-electron chi connectivity index (χ0n) is 14.5. The molecule has 3 atom stereocenters.